The van der Waals surface area contributed by atoms with Crippen molar-refractivity contribution >= 4 is 28.5 Å². The molecule has 0 spiro atoms. The summed E-state index contributed by atoms with van der Waals surface area (Å²) in [6.45, 7) is 9.20. The van der Waals surface area contributed by atoms with Crippen LogP contribution in [0.1, 0.15) is 57.1 Å². The van der Waals surface area contributed by atoms with Gasteiger partial charge in [0.1, 0.15) is 30.0 Å². The Labute approximate surface area is 244 Å². The molecule has 0 unspecified atom stereocenters. The maximum atomic E-state index is 14.6. The molecule has 3 aromatic rings. The van der Waals surface area contributed by atoms with Gasteiger partial charge in [0, 0.05) is 42.8 Å². The molecule has 1 saturated heterocycles. The van der Waals surface area contributed by atoms with Crippen molar-refractivity contribution in [2.45, 2.75) is 64.7 Å². The summed E-state index contributed by atoms with van der Waals surface area (Å²) in [7, 11) is 2.77. The van der Waals surface area contributed by atoms with Gasteiger partial charge in [-0.05, 0) is 64.4 Å². The van der Waals surface area contributed by atoms with E-state index in [1.54, 1.807) is 37.1 Å². The van der Waals surface area contributed by atoms with Gasteiger partial charge in [0.2, 0.25) is 0 Å². The first kappa shape index (κ1) is 31.0. The Balaban J connectivity index is 1.61. The Kier molecular flexibility index (Phi) is 8.95. The molecule has 4 rings (SSSR count). The van der Waals surface area contributed by atoms with E-state index in [1.165, 1.54) is 19.2 Å². The summed E-state index contributed by atoms with van der Waals surface area (Å²) in [6, 6.07) is 7.43. The molecular formula is C30H39F2N5O5. The minimum atomic E-state index is -3.20. The summed E-state index contributed by atoms with van der Waals surface area (Å²) in [5.74, 6) is -1.24. The van der Waals surface area contributed by atoms with E-state index in [4.69, 9.17) is 24.7 Å². The normalized spacial score (nSPS) is 16.4. The molecule has 1 aromatic heterocycles. The van der Waals surface area contributed by atoms with E-state index in [9.17, 15) is 13.6 Å². The molecule has 10 nitrogen and oxygen atoms in total. The van der Waals surface area contributed by atoms with Crippen molar-refractivity contribution in [3.05, 3.63) is 47.3 Å². The topological polar surface area (TPSA) is 121 Å². The third-order valence-corrected chi connectivity index (χ3v) is 6.76. The van der Waals surface area contributed by atoms with Gasteiger partial charge in [0.15, 0.2) is 11.5 Å². The summed E-state index contributed by atoms with van der Waals surface area (Å²) in [5.41, 5.74) is 6.57. The lowest BCUT2D eigenvalue weighted by Gasteiger charge is -2.24. The highest BCUT2D eigenvalue weighted by Gasteiger charge is 2.33. The van der Waals surface area contributed by atoms with E-state index >= 15 is 0 Å². The van der Waals surface area contributed by atoms with Gasteiger partial charge in [-0.2, -0.15) is 8.78 Å². The standard InChI is InChI=1S/C30H39F2N5O5/c1-17(19-10-20(12-21(33)11-19)30(31,32)16-39-6)34-27-23-13-26(25(40-7)14-24(23)35-18(2)36-27)41-22-8-9-37(15-22)28(38)42-29(3,4)5/h10-14,17,22H,8-9,15-16,33H2,1-7H3,(H,34,35,36)/t17-,22+/m1/s1. The van der Waals surface area contributed by atoms with E-state index in [-0.39, 0.29) is 23.4 Å². The smallest absolute Gasteiger partial charge is 0.410 e. The summed E-state index contributed by atoms with van der Waals surface area (Å²) in [5, 5.41) is 3.99. The SMILES string of the molecule is COCC(F)(F)c1cc(N)cc([C@@H](C)Nc2nc(C)nc3cc(OC)c(O[C@H]4CCN(C(=O)OC(C)(C)C)C4)cc23)c1. The van der Waals surface area contributed by atoms with Gasteiger partial charge in [-0.15, -0.1) is 0 Å². The molecule has 0 bridgehead atoms. The van der Waals surface area contributed by atoms with Gasteiger partial charge in [0.05, 0.1) is 25.2 Å². The second-order valence-corrected chi connectivity index (χ2v) is 11.5. The van der Waals surface area contributed by atoms with Crippen LogP contribution >= 0.6 is 0 Å². The highest BCUT2D eigenvalue weighted by atomic mass is 19.3. The van der Waals surface area contributed by atoms with Gasteiger partial charge in [0.25, 0.3) is 5.92 Å². The number of nitrogen functional groups attached to an aromatic ring is 1. The number of rotatable bonds is 9. The molecule has 2 heterocycles. The quantitative estimate of drug-likeness (QED) is 0.298. The number of methoxy groups -OCH3 is 2. The minimum absolute atomic E-state index is 0.216. The summed E-state index contributed by atoms with van der Waals surface area (Å²) in [6.07, 6.45) is -0.0310. The number of ether oxygens (including phenoxy) is 4. The molecule has 1 aliphatic rings. The molecule has 2 atom stereocenters. The second-order valence-electron chi connectivity index (χ2n) is 11.5. The number of aryl methyl sites for hydroxylation is 1. The number of alkyl halides is 2. The third-order valence-electron chi connectivity index (χ3n) is 6.76. The minimum Gasteiger partial charge on any atom is -0.493 e. The third kappa shape index (κ3) is 7.28. The summed E-state index contributed by atoms with van der Waals surface area (Å²) >= 11 is 0. The number of carbonyl (C=O) groups is 1. The Hall–Kier alpha value is -3.93. The summed E-state index contributed by atoms with van der Waals surface area (Å²) in [4.78, 5) is 23.3. The van der Waals surface area contributed by atoms with E-state index in [0.29, 0.717) is 59.1 Å². The monoisotopic (exact) mass is 587 g/mol. The fraction of sp³-hybridized carbons (Fsp3) is 0.500. The zero-order valence-corrected chi connectivity index (χ0v) is 25.1. The Bertz CT molecular complexity index is 1450. The number of nitrogens with one attached hydrogen (secondary N) is 1. The Morgan fingerprint density at radius 1 is 1.14 bits per heavy atom. The number of anilines is 2. The number of nitrogens with two attached hydrogens (primary N) is 1. The van der Waals surface area contributed by atoms with Gasteiger partial charge >= 0.3 is 6.09 Å². The number of halogens is 2. The zero-order chi connectivity index (χ0) is 30.8. The van der Waals surface area contributed by atoms with Crippen LogP contribution in [0.25, 0.3) is 10.9 Å². The van der Waals surface area contributed by atoms with Gasteiger partial charge in [-0.1, -0.05) is 0 Å². The number of fused-ring (bicyclic) bond motifs is 1. The zero-order valence-electron chi connectivity index (χ0n) is 25.1. The van der Waals surface area contributed by atoms with E-state index < -0.39 is 24.2 Å². The van der Waals surface area contributed by atoms with Crippen LogP contribution in [-0.2, 0) is 15.4 Å². The number of likely N-dealkylation sites (tertiary alicyclic amines) is 1. The van der Waals surface area contributed by atoms with Gasteiger partial charge in [-0.3, -0.25) is 0 Å². The van der Waals surface area contributed by atoms with Crippen molar-refractivity contribution in [1.82, 2.24) is 14.9 Å². The number of benzene rings is 2. The number of hydrogen-bond donors (Lipinski definition) is 2. The largest absolute Gasteiger partial charge is 0.493 e. The maximum absolute atomic E-state index is 14.6. The average Bonchev–Trinajstić information content (AvgIpc) is 3.36. The van der Waals surface area contributed by atoms with Crippen molar-refractivity contribution in [2.24, 2.45) is 0 Å². The highest BCUT2D eigenvalue weighted by molar-refractivity contribution is 5.92. The van der Waals surface area contributed by atoms with Crippen molar-refractivity contribution in [2.75, 3.05) is 45.0 Å². The molecular weight excluding hydrogens is 548 g/mol. The van der Waals surface area contributed by atoms with Crippen molar-refractivity contribution < 1.29 is 32.5 Å². The van der Waals surface area contributed by atoms with Crippen LogP contribution in [0, 0.1) is 6.92 Å². The van der Waals surface area contributed by atoms with Crippen LogP contribution in [-0.4, -0.2) is 66.6 Å². The Morgan fingerprint density at radius 2 is 1.88 bits per heavy atom. The van der Waals surface area contributed by atoms with E-state index in [1.807, 2.05) is 27.7 Å². The van der Waals surface area contributed by atoms with Crippen LogP contribution in [0.2, 0.25) is 0 Å². The van der Waals surface area contributed by atoms with Crippen molar-refractivity contribution in [1.29, 1.82) is 0 Å². The number of carbonyl (C=O) groups excluding carboxylic acids is 1. The molecule has 1 aliphatic heterocycles. The molecule has 12 heteroatoms. The highest BCUT2D eigenvalue weighted by Crippen LogP contribution is 2.37. The molecule has 0 aliphatic carbocycles. The van der Waals surface area contributed by atoms with E-state index in [2.05, 4.69) is 15.3 Å². The van der Waals surface area contributed by atoms with E-state index in [0.717, 1.165) is 0 Å². The molecule has 1 fully saturated rings. The van der Waals surface area contributed by atoms with Crippen molar-refractivity contribution in [3.8, 4) is 11.5 Å². The van der Waals surface area contributed by atoms with Crippen LogP contribution in [0.3, 0.4) is 0 Å². The first-order valence-corrected chi connectivity index (χ1v) is 13.7. The molecule has 42 heavy (non-hydrogen) atoms. The number of aromatic nitrogens is 2. The second kappa shape index (κ2) is 12.1. The summed E-state index contributed by atoms with van der Waals surface area (Å²) < 4.78 is 51.3. The molecule has 2 aromatic carbocycles. The van der Waals surface area contributed by atoms with Crippen LogP contribution < -0.4 is 20.5 Å². The first-order valence-electron chi connectivity index (χ1n) is 13.7. The molecule has 228 valence electrons. The predicted molar refractivity (Wildman–Crippen MR) is 156 cm³/mol. The average molecular weight is 588 g/mol. The lowest BCUT2D eigenvalue weighted by atomic mass is 10.00. The number of hydrogen-bond acceptors (Lipinski definition) is 9. The number of amides is 1. The lowest BCUT2D eigenvalue weighted by molar-refractivity contribution is -0.0698. The predicted octanol–water partition coefficient (Wildman–Crippen LogP) is 5.83. The Morgan fingerprint density at radius 3 is 2.55 bits per heavy atom. The van der Waals surface area contributed by atoms with Crippen LogP contribution in [0.4, 0.5) is 25.1 Å². The van der Waals surface area contributed by atoms with Gasteiger partial charge in [-0.25, -0.2) is 14.8 Å². The lowest BCUT2D eigenvalue weighted by Crippen LogP contribution is -2.36. The fourth-order valence-electron chi connectivity index (χ4n) is 4.80. The number of nitrogens with zero attached hydrogens (tertiary/aromatic N) is 3. The first-order chi connectivity index (χ1) is 19.7. The molecule has 0 radical (unpaired) electrons. The maximum Gasteiger partial charge on any atom is 0.410 e. The molecule has 1 amide bonds. The van der Waals surface area contributed by atoms with Crippen LogP contribution in [0.15, 0.2) is 30.3 Å². The molecule has 0 saturated carbocycles. The molecule has 3 N–H and O–H groups in total. The van der Waals surface area contributed by atoms with Gasteiger partial charge < -0.3 is 34.9 Å². The van der Waals surface area contributed by atoms with Crippen LogP contribution in [0.5, 0.6) is 11.5 Å². The fourth-order valence-corrected chi connectivity index (χ4v) is 4.80. The van der Waals surface area contributed by atoms with Crippen molar-refractivity contribution in [3.63, 3.8) is 0 Å².